The maximum atomic E-state index is 11.7. The highest BCUT2D eigenvalue weighted by molar-refractivity contribution is 5.81. The molecule has 2 saturated heterocycles. The normalized spacial score (nSPS) is 29.2. The number of hydrogen-bond donors (Lipinski definition) is 1. The number of piperidine rings is 1. The molecule has 0 aromatic carbocycles. The highest BCUT2D eigenvalue weighted by Gasteiger charge is 2.28. The third-order valence-corrected chi connectivity index (χ3v) is 2.61. The fraction of sp³-hybridized carbons (Fsp3) is 0.889. The Morgan fingerprint density at radius 1 is 1.38 bits per heavy atom. The molecule has 1 N–H and O–H groups in total. The van der Waals surface area contributed by atoms with Crippen LogP contribution in [0, 0.1) is 0 Å². The number of amides is 1. The largest absolute Gasteiger partial charge is 0.306 e. The van der Waals surface area contributed by atoms with Crippen molar-refractivity contribution in [3.63, 3.8) is 0 Å². The number of hydrogen-bond acceptors (Lipinski definition) is 3. The van der Waals surface area contributed by atoms with Gasteiger partial charge in [-0.05, 0) is 25.8 Å². The van der Waals surface area contributed by atoms with Gasteiger partial charge in [0.15, 0.2) is 0 Å². The number of hydroxylamine groups is 2. The predicted molar refractivity (Wildman–Crippen MR) is 47.9 cm³/mol. The molecule has 4 nitrogen and oxygen atoms in total. The standard InChI is InChI=1S/C9H16N2O2/c12-9(11-6-3-7-13-11)8-4-1-2-5-10-8/h8,10H,1-7H2. The number of carbonyl (C=O) groups is 1. The molecule has 0 aromatic heterocycles. The van der Waals surface area contributed by atoms with Crippen LogP contribution in [0.5, 0.6) is 0 Å². The van der Waals surface area contributed by atoms with Crippen LogP contribution in [0.25, 0.3) is 0 Å². The molecule has 1 atom stereocenters. The van der Waals surface area contributed by atoms with Crippen molar-refractivity contribution in [2.75, 3.05) is 19.7 Å². The first-order valence-corrected chi connectivity index (χ1v) is 5.05. The highest BCUT2D eigenvalue weighted by Crippen LogP contribution is 2.13. The molecule has 0 radical (unpaired) electrons. The topological polar surface area (TPSA) is 41.6 Å². The summed E-state index contributed by atoms with van der Waals surface area (Å²) in [7, 11) is 0. The van der Waals surface area contributed by atoms with Gasteiger partial charge in [0.2, 0.25) is 0 Å². The third kappa shape index (κ3) is 2.00. The quantitative estimate of drug-likeness (QED) is 0.637. The summed E-state index contributed by atoms with van der Waals surface area (Å²) in [4.78, 5) is 17.0. The molecular weight excluding hydrogens is 168 g/mol. The summed E-state index contributed by atoms with van der Waals surface area (Å²) in [6, 6.07) is 0.00634. The van der Waals surface area contributed by atoms with Crippen molar-refractivity contribution in [1.82, 2.24) is 10.4 Å². The molecule has 0 aromatic rings. The van der Waals surface area contributed by atoms with Crippen molar-refractivity contribution in [2.24, 2.45) is 0 Å². The number of nitrogens with zero attached hydrogens (tertiary/aromatic N) is 1. The minimum absolute atomic E-state index is 0.00634. The predicted octanol–water partition coefficient (Wildman–Crippen LogP) is 0.292. The van der Waals surface area contributed by atoms with E-state index < -0.39 is 0 Å². The second-order valence-electron chi connectivity index (χ2n) is 3.63. The van der Waals surface area contributed by atoms with Gasteiger partial charge < -0.3 is 5.32 Å². The summed E-state index contributed by atoms with van der Waals surface area (Å²) in [6.45, 7) is 2.42. The van der Waals surface area contributed by atoms with Gasteiger partial charge in [0.1, 0.15) is 0 Å². The molecule has 4 heteroatoms. The molecule has 0 aliphatic carbocycles. The van der Waals surface area contributed by atoms with E-state index in [1.807, 2.05) is 0 Å². The van der Waals surface area contributed by atoms with Crippen molar-refractivity contribution in [3.8, 4) is 0 Å². The zero-order chi connectivity index (χ0) is 9.10. The molecule has 0 spiro atoms. The summed E-state index contributed by atoms with van der Waals surface area (Å²) >= 11 is 0. The first-order valence-electron chi connectivity index (χ1n) is 5.05. The van der Waals surface area contributed by atoms with Crippen molar-refractivity contribution in [1.29, 1.82) is 0 Å². The monoisotopic (exact) mass is 184 g/mol. The van der Waals surface area contributed by atoms with Crippen molar-refractivity contribution in [3.05, 3.63) is 0 Å². The molecule has 1 unspecified atom stereocenters. The Morgan fingerprint density at radius 2 is 2.31 bits per heavy atom. The average molecular weight is 184 g/mol. The summed E-state index contributed by atoms with van der Waals surface area (Å²) in [6.07, 6.45) is 4.26. The molecule has 13 heavy (non-hydrogen) atoms. The van der Waals surface area contributed by atoms with Crippen LogP contribution in [0.2, 0.25) is 0 Å². The van der Waals surface area contributed by atoms with Gasteiger partial charge in [0.05, 0.1) is 19.2 Å². The summed E-state index contributed by atoms with van der Waals surface area (Å²) < 4.78 is 0. The van der Waals surface area contributed by atoms with E-state index in [0.717, 1.165) is 32.4 Å². The minimum atomic E-state index is 0.00634. The van der Waals surface area contributed by atoms with E-state index >= 15 is 0 Å². The first-order chi connectivity index (χ1) is 6.38. The molecule has 2 fully saturated rings. The second-order valence-corrected chi connectivity index (χ2v) is 3.63. The smallest absolute Gasteiger partial charge is 0.263 e. The van der Waals surface area contributed by atoms with Crippen LogP contribution in [0.1, 0.15) is 25.7 Å². The van der Waals surface area contributed by atoms with Crippen LogP contribution in [0.4, 0.5) is 0 Å². The number of rotatable bonds is 1. The Morgan fingerprint density at radius 3 is 2.92 bits per heavy atom. The average Bonchev–Trinajstić information content (AvgIpc) is 2.71. The first kappa shape index (κ1) is 8.97. The molecular formula is C9H16N2O2. The maximum absolute atomic E-state index is 11.7. The van der Waals surface area contributed by atoms with E-state index in [0.29, 0.717) is 6.61 Å². The van der Waals surface area contributed by atoms with E-state index in [-0.39, 0.29) is 11.9 Å². The fourth-order valence-electron chi connectivity index (χ4n) is 1.86. The van der Waals surface area contributed by atoms with E-state index in [4.69, 9.17) is 4.84 Å². The van der Waals surface area contributed by atoms with Crippen molar-refractivity contribution < 1.29 is 9.63 Å². The van der Waals surface area contributed by atoms with E-state index in [1.165, 1.54) is 11.5 Å². The Balaban J connectivity index is 1.87. The lowest BCUT2D eigenvalue weighted by Gasteiger charge is -2.25. The third-order valence-electron chi connectivity index (χ3n) is 2.61. The molecule has 2 aliphatic rings. The second kappa shape index (κ2) is 4.07. The van der Waals surface area contributed by atoms with Crippen LogP contribution in [0.3, 0.4) is 0 Å². The minimum Gasteiger partial charge on any atom is -0.306 e. The van der Waals surface area contributed by atoms with Crippen LogP contribution in [-0.4, -0.2) is 36.7 Å². The zero-order valence-electron chi connectivity index (χ0n) is 7.79. The van der Waals surface area contributed by atoms with Gasteiger partial charge in [0.25, 0.3) is 5.91 Å². The Hall–Kier alpha value is -0.610. The molecule has 2 rings (SSSR count). The molecule has 0 bridgehead atoms. The fourth-order valence-corrected chi connectivity index (χ4v) is 1.86. The highest BCUT2D eigenvalue weighted by atomic mass is 16.7. The van der Waals surface area contributed by atoms with Crippen LogP contribution in [0.15, 0.2) is 0 Å². The van der Waals surface area contributed by atoms with Crippen LogP contribution in [-0.2, 0) is 9.63 Å². The van der Waals surface area contributed by atoms with E-state index in [9.17, 15) is 4.79 Å². The number of nitrogens with one attached hydrogen (secondary N) is 1. The van der Waals surface area contributed by atoms with Gasteiger partial charge in [-0.1, -0.05) is 6.42 Å². The summed E-state index contributed by atoms with van der Waals surface area (Å²) in [5, 5.41) is 4.74. The lowest BCUT2D eigenvalue weighted by Crippen LogP contribution is -2.47. The Bertz CT molecular complexity index is 184. The number of carbonyl (C=O) groups excluding carboxylic acids is 1. The molecule has 2 heterocycles. The lowest BCUT2D eigenvalue weighted by molar-refractivity contribution is -0.171. The van der Waals surface area contributed by atoms with E-state index in [2.05, 4.69) is 5.32 Å². The van der Waals surface area contributed by atoms with Gasteiger partial charge in [-0.25, -0.2) is 5.06 Å². The van der Waals surface area contributed by atoms with Crippen molar-refractivity contribution in [2.45, 2.75) is 31.7 Å². The van der Waals surface area contributed by atoms with Gasteiger partial charge in [-0.2, -0.15) is 0 Å². The Kier molecular flexibility index (Phi) is 2.80. The molecule has 74 valence electrons. The van der Waals surface area contributed by atoms with Crippen molar-refractivity contribution >= 4 is 5.91 Å². The molecule has 0 saturated carbocycles. The SMILES string of the molecule is O=C(C1CCCCN1)N1CCCO1. The zero-order valence-corrected chi connectivity index (χ0v) is 7.79. The van der Waals surface area contributed by atoms with Gasteiger partial charge in [-0.15, -0.1) is 0 Å². The summed E-state index contributed by atoms with van der Waals surface area (Å²) in [5.41, 5.74) is 0. The van der Waals surface area contributed by atoms with Gasteiger partial charge >= 0.3 is 0 Å². The van der Waals surface area contributed by atoms with Crippen LogP contribution >= 0.6 is 0 Å². The lowest BCUT2D eigenvalue weighted by atomic mass is 10.0. The maximum Gasteiger partial charge on any atom is 0.263 e. The molecule has 1 amide bonds. The van der Waals surface area contributed by atoms with Crippen LogP contribution < -0.4 is 5.32 Å². The Labute approximate surface area is 78.2 Å². The molecule has 2 aliphatic heterocycles. The summed E-state index contributed by atoms with van der Waals surface area (Å²) in [5.74, 6) is 0.122. The van der Waals surface area contributed by atoms with E-state index in [1.54, 1.807) is 0 Å². The van der Waals surface area contributed by atoms with Gasteiger partial charge in [-0.3, -0.25) is 9.63 Å². The van der Waals surface area contributed by atoms with Gasteiger partial charge in [0, 0.05) is 0 Å².